The molecule has 3 N–H and O–H groups in total. The van der Waals surface area contributed by atoms with Crippen LogP contribution in [0.4, 0.5) is 0 Å². The van der Waals surface area contributed by atoms with E-state index >= 15 is 0 Å². The van der Waals surface area contributed by atoms with Gasteiger partial charge in [0, 0.05) is 12.0 Å². The molecule has 0 aromatic heterocycles. The Morgan fingerprint density at radius 3 is 2.46 bits per heavy atom. The van der Waals surface area contributed by atoms with Crippen LogP contribution in [0.25, 0.3) is 0 Å². The molecule has 0 aromatic carbocycles. The summed E-state index contributed by atoms with van der Waals surface area (Å²) >= 11 is 0. The predicted octanol–water partition coefficient (Wildman–Crippen LogP) is 1.77. The highest BCUT2D eigenvalue weighted by atomic mass is 16.3. The zero-order valence-corrected chi connectivity index (χ0v) is 8.92. The molecule has 1 saturated carbocycles. The molecule has 2 nitrogen and oxygen atoms in total. The Bertz CT molecular complexity index is 150. The molecule has 78 valence electrons. The van der Waals surface area contributed by atoms with Gasteiger partial charge in [0.15, 0.2) is 0 Å². The Balaban J connectivity index is 2.54. The van der Waals surface area contributed by atoms with Crippen molar-refractivity contribution < 1.29 is 5.11 Å². The lowest BCUT2D eigenvalue weighted by atomic mass is 9.75. The van der Waals surface area contributed by atoms with E-state index in [0.29, 0.717) is 18.4 Å². The van der Waals surface area contributed by atoms with Crippen LogP contribution in [-0.4, -0.2) is 18.3 Å². The molecule has 1 aliphatic rings. The molecule has 1 fully saturated rings. The number of nitrogens with two attached hydrogens (primary N) is 1. The molecular weight excluding hydrogens is 162 g/mol. The minimum atomic E-state index is 0.0510. The summed E-state index contributed by atoms with van der Waals surface area (Å²) in [5.74, 6) is 1.40. The standard InChI is InChI=1S/C11H23NO/c1-3-9(2)6-11(7-12,8-13)10-4-5-10/h9-10,13H,3-8,12H2,1-2H3. The number of rotatable bonds is 6. The Kier molecular flexibility index (Phi) is 3.74. The van der Waals surface area contributed by atoms with Crippen molar-refractivity contribution in [3.8, 4) is 0 Å². The summed E-state index contributed by atoms with van der Waals surface area (Å²) in [7, 11) is 0. The normalized spacial score (nSPS) is 24.0. The minimum absolute atomic E-state index is 0.0510. The number of aliphatic hydroxyl groups is 1. The third kappa shape index (κ3) is 2.44. The summed E-state index contributed by atoms with van der Waals surface area (Å²) in [6.45, 7) is 5.38. The van der Waals surface area contributed by atoms with Crippen LogP contribution >= 0.6 is 0 Å². The maximum atomic E-state index is 9.45. The fourth-order valence-corrected chi connectivity index (χ4v) is 2.21. The lowest BCUT2D eigenvalue weighted by Gasteiger charge is -2.33. The Morgan fingerprint density at radius 2 is 2.15 bits per heavy atom. The van der Waals surface area contributed by atoms with Gasteiger partial charge in [0.2, 0.25) is 0 Å². The van der Waals surface area contributed by atoms with Gasteiger partial charge >= 0.3 is 0 Å². The Hall–Kier alpha value is -0.0800. The van der Waals surface area contributed by atoms with Crippen molar-refractivity contribution in [3.05, 3.63) is 0 Å². The van der Waals surface area contributed by atoms with Gasteiger partial charge in [0.1, 0.15) is 0 Å². The third-order valence-electron chi connectivity index (χ3n) is 3.62. The quantitative estimate of drug-likeness (QED) is 0.662. The fourth-order valence-electron chi connectivity index (χ4n) is 2.21. The molecule has 0 amide bonds. The molecular formula is C11H23NO. The molecule has 0 spiro atoms. The van der Waals surface area contributed by atoms with E-state index in [1.165, 1.54) is 19.3 Å². The lowest BCUT2D eigenvalue weighted by molar-refractivity contribution is 0.0824. The highest BCUT2D eigenvalue weighted by Gasteiger charge is 2.44. The van der Waals surface area contributed by atoms with Crippen LogP contribution in [0.2, 0.25) is 0 Å². The average molecular weight is 185 g/mol. The van der Waals surface area contributed by atoms with Gasteiger partial charge in [-0.3, -0.25) is 0 Å². The summed E-state index contributed by atoms with van der Waals surface area (Å²) < 4.78 is 0. The van der Waals surface area contributed by atoms with Gasteiger partial charge in [-0.05, 0) is 31.1 Å². The molecule has 0 heterocycles. The summed E-state index contributed by atoms with van der Waals surface area (Å²) in [6.07, 6.45) is 4.83. The topological polar surface area (TPSA) is 46.2 Å². The summed E-state index contributed by atoms with van der Waals surface area (Å²) in [6, 6.07) is 0. The number of aliphatic hydroxyl groups excluding tert-OH is 1. The molecule has 2 unspecified atom stereocenters. The van der Waals surface area contributed by atoms with Gasteiger partial charge in [-0.25, -0.2) is 0 Å². The maximum absolute atomic E-state index is 9.45. The first-order valence-corrected chi connectivity index (χ1v) is 5.49. The van der Waals surface area contributed by atoms with E-state index in [1.807, 2.05) is 0 Å². The summed E-state index contributed by atoms with van der Waals surface area (Å²) in [4.78, 5) is 0. The van der Waals surface area contributed by atoms with E-state index in [-0.39, 0.29) is 12.0 Å². The molecule has 0 radical (unpaired) electrons. The van der Waals surface area contributed by atoms with Crippen LogP contribution in [0, 0.1) is 17.3 Å². The van der Waals surface area contributed by atoms with Gasteiger partial charge in [0.05, 0.1) is 6.61 Å². The smallest absolute Gasteiger partial charge is 0.0502 e. The van der Waals surface area contributed by atoms with Gasteiger partial charge in [-0.1, -0.05) is 20.3 Å². The fraction of sp³-hybridized carbons (Fsp3) is 1.00. The third-order valence-corrected chi connectivity index (χ3v) is 3.62. The first-order valence-electron chi connectivity index (χ1n) is 5.49. The molecule has 0 bridgehead atoms. The minimum Gasteiger partial charge on any atom is -0.396 e. The average Bonchev–Trinajstić information content (AvgIpc) is 2.97. The zero-order chi connectivity index (χ0) is 9.90. The van der Waals surface area contributed by atoms with E-state index in [0.717, 1.165) is 6.42 Å². The van der Waals surface area contributed by atoms with Crippen LogP contribution in [0.5, 0.6) is 0 Å². The highest BCUT2D eigenvalue weighted by molar-refractivity contribution is 4.95. The van der Waals surface area contributed by atoms with Gasteiger partial charge < -0.3 is 10.8 Å². The largest absolute Gasteiger partial charge is 0.396 e. The van der Waals surface area contributed by atoms with E-state index in [2.05, 4.69) is 13.8 Å². The summed E-state index contributed by atoms with van der Waals surface area (Å²) in [5.41, 5.74) is 5.85. The second-order valence-corrected chi connectivity index (χ2v) is 4.72. The number of hydrogen-bond donors (Lipinski definition) is 2. The van der Waals surface area contributed by atoms with Gasteiger partial charge in [0.25, 0.3) is 0 Å². The predicted molar refractivity (Wildman–Crippen MR) is 55.4 cm³/mol. The second-order valence-electron chi connectivity index (χ2n) is 4.72. The molecule has 13 heavy (non-hydrogen) atoms. The van der Waals surface area contributed by atoms with Crippen molar-refractivity contribution in [1.82, 2.24) is 0 Å². The molecule has 0 aliphatic heterocycles. The van der Waals surface area contributed by atoms with Crippen molar-refractivity contribution in [2.24, 2.45) is 23.0 Å². The maximum Gasteiger partial charge on any atom is 0.0502 e. The van der Waals surface area contributed by atoms with Gasteiger partial charge in [-0.15, -0.1) is 0 Å². The van der Waals surface area contributed by atoms with E-state index in [4.69, 9.17) is 5.73 Å². The summed E-state index contributed by atoms with van der Waals surface area (Å²) in [5, 5.41) is 9.45. The lowest BCUT2D eigenvalue weighted by Crippen LogP contribution is -2.38. The van der Waals surface area contributed by atoms with Crippen LogP contribution < -0.4 is 5.73 Å². The molecule has 0 aromatic rings. The van der Waals surface area contributed by atoms with Crippen molar-refractivity contribution >= 4 is 0 Å². The first kappa shape index (κ1) is 11.0. The second kappa shape index (κ2) is 4.43. The van der Waals surface area contributed by atoms with Crippen LogP contribution in [0.3, 0.4) is 0 Å². The van der Waals surface area contributed by atoms with Crippen LogP contribution in [0.1, 0.15) is 39.5 Å². The Morgan fingerprint density at radius 1 is 1.54 bits per heavy atom. The Labute approximate surface area is 81.5 Å². The van der Waals surface area contributed by atoms with E-state index in [9.17, 15) is 5.11 Å². The van der Waals surface area contributed by atoms with Crippen molar-refractivity contribution in [2.45, 2.75) is 39.5 Å². The van der Waals surface area contributed by atoms with E-state index < -0.39 is 0 Å². The molecule has 1 aliphatic carbocycles. The van der Waals surface area contributed by atoms with Crippen molar-refractivity contribution in [2.75, 3.05) is 13.2 Å². The first-order chi connectivity index (χ1) is 6.18. The molecule has 2 heteroatoms. The monoisotopic (exact) mass is 185 g/mol. The molecule has 0 saturated heterocycles. The van der Waals surface area contributed by atoms with Gasteiger partial charge in [-0.2, -0.15) is 0 Å². The van der Waals surface area contributed by atoms with Crippen LogP contribution in [0.15, 0.2) is 0 Å². The van der Waals surface area contributed by atoms with E-state index in [1.54, 1.807) is 0 Å². The number of hydrogen-bond acceptors (Lipinski definition) is 2. The van der Waals surface area contributed by atoms with Crippen molar-refractivity contribution in [3.63, 3.8) is 0 Å². The molecule has 2 atom stereocenters. The highest BCUT2D eigenvalue weighted by Crippen LogP contribution is 2.48. The zero-order valence-electron chi connectivity index (χ0n) is 8.92. The van der Waals surface area contributed by atoms with Crippen LogP contribution in [-0.2, 0) is 0 Å². The SMILES string of the molecule is CCC(C)CC(CN)(CO)C1CC1. The molecule has 1 rings (SSSR count). The van der Waals surface area contributed by atoms with Crippen molar-refractivity contribution in [1.29, 1.82) is 0 Å².